The monoisotopic (exact) mass is 502 g/mol. The highest BCUT2D eigenvalue weighted by Crippen LogP contribution is 2.45. The van der Waals surface area contributed by atoms with Gasteiger partial charge >= 0.3 is 15.6 Å². The van der Waals surface area contributed by atoms with E-state index in [4.69, 9.17) is 4.18 Å². The Hall–Kier alpha value is -2.88. The minimum absolute atomic E-state index is 0.325. The van der Waals surface area contributed by atoms with Gasteiger partial charge in [0, 0.05) is 25.6 Å². The lowest BCUT2D eigenvalue weighted by molar-refractivity contribution is -0.0499. The Balaban J connectivity index is 1.82. The molecule has 4 aromatic carbocycles. The first-order valence-corrected chi connectivity index (χ1v) is 13.0. The van der Waals surface area contributed by atoms with Gasteiger partial charge in [-0.05, 0) is 80.5 Å². The van der Waals surface area contributed by atoms with Crippen LogP contribution in [0.25, 0.3) is 52.5 Å². The van der Waals surface area contributed by atoms with Gasteiger partial charge < -0.3 is 4.18 Å². The van der Waals surface area contributed by atoms with Crippen molar-refractivity contribution < 1.29 is 25.8 Å². The lowest BCUT2D eigenvalue weighted by Gasteiger charge is -2.16. The van der Waals surface area contributed by atoms with Gasteiger partial charge in [-0.25, -0.2) is 0 Å². The molecule has 2 heterocycles. The summed E-state index contributed by atoms with van der Waals surface area (Å²) in [5.41, 5.74) is -4.50. The Labute approximate surface area is 193 Å². The van der Waals surface area contributed by atoms with Crippen LogP contribution in [-0.4, -0.2) is 13.9 Å². The van der Waals surface area contributed by atoms with E-state index in [2.05, 4.69) is 0 Å². The summed E-state index contributed by atoms with van der Waals surface area (Å²) in [6.07, 6.45) is 0. The average molecular weight is 503 g/mol. The molecule has 0 spiro atoms. The summed E-state index contributed by atoms with van der Waals surface area (Å²) in [5.74, 6) is -0.325. The van der Waals surface area contributed by atoms with E-state index in [1.54, 1.807) is 17.4 Å². The molecule has 166 valence electrons. The van der Waals surface area contributed by atoms with Crippen molar-refractivity contribution in [3.05, 3.63) is 64.9 Å². The summed E-state index contributed by atoms with van der Waals surface area (Å²) in [6, 6.07) is 14.8. The molecule has 6 aromatic rings. The van der Waals surface area contributed by atoms with E-state index < -0.39 is 15.6 Å². The third kappa shape index (κ3) is 2.96. The fourth-order valence-corrected chi connectivity index (χ4v) is 6.60. The molecule has 0 bridgehead atoms. The van der Waals surface area contributed by atoms with Crippen molar-refractivity contribution in [2.45, 2.75) is 12.4 Å². The molecule has 33 heavy (non-hydrogen) atoms. The van der Waals surface area contributed by atoms with Crippen LogP contribution in [-0.2, 0) is 10.1 Å². The number of alkyl halides is 3. The molecule has 0 saturated heterocycles. The van der Waals surface area contributed by atoms with Crippen molar-refractivity contribution in [1.82, 2.24) is 0 Å². The Bertz CT molecular complexity index is 1860. The lowest BCUT2D eigenvalue weighted by atomic mass is 9.92. The highest BCUT2D eigenvalue weighted by Gasteiger charge is 2.48. The molecule has 0 fully saturated rings. The fourth-order valence-electron chi connectivity index (χ4n) is 4.55. The standard InChI is InChI=1S/C24H13F3O3S3/c1-12-10-17-14-3-5-21-16(7-9-32-21)23(14)19(30-33(28,29)24(25,26)27)11-18(17)13-2-4-20-15(22(12)13)6-8-31-20/h2-11H,1H3. The molecule has 0 aliphatic carbocycles. The van der Waals surface area contributed by atoms with Crippen LogP contribution in [0.2, 0.25) is 0 Å². The Kier molecular flexibility index (Phi) is 4.28. The molecule has 3 nitrogen and oxygen atoms in total. The van der Waals surface area contributed by atoms with E-state index in [9.17, 15) is 21.6 Å². The first kappa shape index (κ1) is 20.7. The second-order valence-electron chi connectivity index (χ2n) is 7.79. The molecule has 9 heteroatoms. The van der Waals surface area contributed by atoms with Crippen LogP contribution >= 0.6 is 22.7 Å². The van der Waals surface area contributed by atoms with Gasteiger partial charge in [-0.1, -0.05) is 18.2 Å². The molecule has 0 aliphatic rings. The van der Waals surface area contributed by atoms with E-state index in [0.29, 0.717) is 21.5 Å². The number of hydrogen-bond acceptors (Lipinski definition) is 5. The van der Waals surface area contributed by atoms with Gasteiger partial charge in [-0.3, -0.25) is 0 Å². The zero-order valence-electron chi connectivity index (χ0n) is 16.9. The number of benzene rings is 4. The minimum Gasteiger partial charge on any atom is -0.375 e. The predicted molar refractivity (Wildman–Crippen MR) is 130 cm³/mol. The minimum atomic E-state index is -5.84. The SMILES string of the molecule is Cc1cc2c(cc(OS(=O)(=O)C(F)(F)F)c3c4ccsc4ccc23)c2ccc3sccc3c12. The molecule has 0 amide bonds. The smallest absolute Gasteiger partial charge is 0.375 e. The quantitative estimate of drug-likeness (QED) is 0.136. The van der Waals surface area contributed by atoms with Crippen molar-refractivity contribution in [1.29, 1.82) is 0 Å². The van der Waals surface area contributed by atoms with Gasteiger partial charge in [0.15, 0.2) is 5.75 Å². The van der Waals surface area contributed by atoms with Crippen molar-refractivity contribution in [3.8, 4) is 5.75 Å². The summed E-state index contributed by atoms with van der Waals surface area (Å²) in [6.45, 7) is 2.01. The number of rotatable bonds is 2. The summed E-state index contributed by atoms with van der Waals surface area (Å²) in [7, 11) is -5.84. The predicted octanol–water partition coefficient (Wildman–Crippen LogP) is 8.11. The Morgan fingerprint density at radius 2 is 1.27 bits per heavy atom. The van der Waals surface area contributed by atoms with E-state index in [1.165, 1.54) is 17.4 Å². The second kappa shape index (κ2) is 6.82. The highest BCUT2D eigenvalue weighted by atomic mass is 32.2. The van der Waals surface area contributed by atoms with E-state index >= 15 is 0 Å². The topological polar surface area (TPSA) is 43.4 Å². The number of hydrogen-bond donors (Lipinski definition) is 0. The molecule has 0 radical (unpaired) electrons. The molecule has 0 N–H and O–H groups in total. The van der Waals surface area contributed by atoms with Crippen molar-refractivity contribution in [2.24, 2.45) is 0 Å². The van der Waals surface area contributed by atoms with E-state index in [0.717, 1.165) is 36.5 Å². The van der Waals surface area contributed by atoms with Crippen LogP contribution in [0.15, 0.2) is 59.3 Å². The van der Waals surface area contributed by atoms with Crippen molar-refractivity contribution in [2.75, 3.05) is 0 Å². The average Bonchev–Trinajstić information content (AvgIpc) is 3.42. The van der Waals surface area contributed by atoms with Gasteiger partial charge in [0.1, 0.15) is 0 Å². The lowest BCUT2D eigenvalue weighted by Crippen LogP contribution is -2.28. The molecular formula is C24H13F3O3S3. The fraction of sp³-hybridized carbons (Fsp3) is 0.0833. The Morgan fingerprint density at radius 1 is 0.727 bits per heavy atom. The first-order chi connectivity index (χ1) is 15.7. The van der Waals surface area contributed by atoms with Crippen LogP contribution in [0, 0.1) is 6.92 Å². The molecule has 0 atom stereocenters. The van der Waals surface area contributed by atoms with Gasteiger partial charge in [-0.15, -0.1) is 22.7 Å². The maximum Gasteiger partial charge on any atom is 0.534 e. The summed E-state index contributed by atoms with van der Waals surface area (Å²) < 4.78 is 70.3. The van der Waals surface area contributed by atoms with Crippen molar-refractivity contribution in [3.63, 3.8) is 0 Å². The van der Waals surface area contributed by atoms with Crippen LogP contribution in [0.3, 0.4) is 0 Å². The van der Waals surface area contributed by atoms with Crippen molar-refractivity contribution >= 4 is 85.3 Å². The van der Waals surface area contributed by atoms with Crippen LogP contribution in [0.5, 0.6) is 5.75 Å². The third-order valence-corrected chi connectivity index (χ3v) is 8.63. The van der Waals surface area contributed by atoms with Gasteiger partial charge in [-0.2, -0.15) is 21.6 Å². The second-order valence-corrected chi connectivity index (χ2v) is 11.2. The summed E-state index contributed by atoms with van der Waals surface area (Å²) in [4.78, 5) is 0. The molecule has 0 saturated carbocycles. The van der Waals surface area contributed by atoms with Crippen LogP contribution in [0.4, 0.5) is 13.2 Å². The maximum atomic E-state index is 13.2. The third-order valence-electron chi connectivity index (χ3n) is 5.90. The maximum absolute atomic E-state index is 13.2. The summed E-state index contributed by atoms with van der Waals surface area (Å²) in [5, 5.41) is 9.78. The normalized spacial score (nSPS) is 13.1. The van der Waals surface area contributed by atoms with Gasteiger partial charge in [0.2, 0.25) is 0 Å². The largest absolute Gasteiger partial charge is 0.534 e. The number of fused-ring (bicyclic) bond motifs is 9. The van der Waals surface area contributed by atoms with Crippen LogP contribution in [0.1, 0.15) is 5.56 Å². The van der Waals surface area contributed by atoms with E-state index in [-0.39, 0.29) is 5.75 Å². The molecule has 2 aromatic heterocycles. The zero-order chi connectivity index (χ0) is 23.1. The Morgan fingerprint density at radius 3 is 1.88 bits per heavy atom. The molecule has 0 aliphatic heterocycles. The molecule has 6 rings (SSSR count). The van der Waals surface area contributed by atoms with Crippen LogP contribution < -0.4 is 4.18 Å². The number of thiophene rings is 2. The molecule has 0 unspecified atom stereocenters. The number of halogens is 3. The zero-order valence-corrected chi connectivity index (χ0v) is 19.3. The van der Waals surface area contributed by atoms with E-state index in [1.807, 2.05) is 54.1 Å². The highest BCUT2D eigenvalue weighted by molar-refractivity contribution is 7.88. The molecular weight excluding hydrogens is 489 g/mol. The van der Waals surface area contributed by atoms with Gasteiger partial charge in [0.05, 0.1) is 0 Å². The first-order valence-electron chi connectivity index (χ1n) is 9.82. The van der Waals surface area contributed by atoms with Gasteiger partial charge in [0.25, 0.3) is 0 Å². The summed E-state index contributed by atoms with van der Waals surface area (Å²) >= 11 is 3.03. The number of aryl methyl sites for hydroxylation is 1.